The smallest absolute Gasteiger partial charge is 0.243 e. The van der Waals surface area contributed by atoms with Gasteiger partial charge in [0.2, 0.25) is 5.95 Å². The number of aromatic amines is 1. The van der Waals surface area contributed by atoms with Crippen molar-refractivity contribution in [2.75, 3.05) is 5.32 Å². The minimum absolute atomic E-state index is 0.0659. The third-order valence-electron chi connectivity index (χ3n) is 5.41. The molecule has 2 aromatic heterocycles. The maximum absolute atomic E-state index is 15.0. The summed E-state index contributed by atoms with van der Waals surface area (Å²) in [4.78, 5) is 4.29. The van der Waals surface area contributed by atoms with Gasteiger partial charge in [0, 0.05) is 28.4 Å². The van der Waals surface area contributed by atoms with Gasteiger partial charge in [0.15, 0.2) is 0 Å². The molecule has 3 aromatic rings. The lowest BCUT2D eigenvalue weighted by Crippen LogP contribution is -2.67. The molecule has 0 amide bonds. The number of nitrogens with one attached hydrogen (secondary N) is 3. The van der Waals surface area contributed by atoms with Crippen molar-refractivity contribution in [1.82, 2.24) is 30.7 Å². The van der Waals surface area contributed by atoms with E-state index in [1.165, 1.54) is 6.20 Å². The maximum atomic E-state index is 15.0. The highest BCUT2D eigenvalue weighted by Crippen LogP contribution is 2.34. The van der Waals surface area contributed by atoms with Crippen LogP contribution in [0.5, 0.6) is 5.75 Å². The van der Waals surface area contributed by atoms with Gasteiger partial charge < -0.3 is 15.7 Å². The Hall–Kier alpha value is -3.07. The second-order valence-corrected chi connectivity index (χ2v) is 8.97. The Labute approximate surface area is 174 Å². The number of hydrogen-bond acceptors (Lipinski definition) is 7. The van der Waals surface area contributed by atoms with Crippen molar-refractivity contribution in [3.8, 4) is 28.1 Å². The van der Waals surface area contributed by atoms with E-state index in [0.717, 1.165) is 11.1 Å². The number of alkyl halides is 1. The van der Waals surface area contributed by atoms with Crippen molar-refractivity contribution in [1.29, 1.82) is 0 Å². The summed E-state index contributed by atoms with van der Waals surface area (Å²) in [6.07, 6.45) is 4.41. The minimum atomic E-state index is -1.12. The average Bonchev–Trinajstić information content (AvgIpc) is 3.20. The van der Waals surface area contributed by atoms with Crippen LogP contribution in [0.1, 0.15) is 34.1 Å². The molecule has 8 nitrogen and oxygen atoms in total. The summed E-state index contributed by atoms with van der Waals surface area (Å²) in [7, 11) is 0. The molecule has 0 radical (unpaired) electrons. The largest absolute Gasteiger partial charge is 0.507 e. The van der Waals surface area contributed by atoms with Gasteiger partial charge in [-0.25, -0.2) is 9.37 Å². The highest BCUT2D eigenvalue weighted by atomic mass is 19.1. The molecule has 0 saturated carbocycles. The van der Waals surface area contributed by atoms with E-state index in [2.05, 4.69) is 36.0 Å². The molecule has 4 rings (SSSR count). The Balaban J connectivity index is 1.52. The summed E-state index contributed by atoms with van der Waals surface area (Å²) < 4.78 is 15.0. The third kappa shape index (κ3) is 3.97. The van der Waals surface area contributed by atoms with Crippen LogP contribution >= 0.6 is 0 Å². The number of phenolic OH excluding ortho intramolecular Hbond substituents is 1. The fourth-order valence-corrected chi connectivity index (χ4v) is 4.24. The molecular weight excluding hydrogens is 385 g/mol. The first-order valence-corrected chi connectivity index (χ1v) is 9.87. The number of anilines is 1. The molecule has 0 spiro atoms. The molecule has 1 aliphatic heterocycles. The number of phenols is 1. The van der Waals surface area contributed by atoms with E-state index in [9.17, 15) is 9.50 Å². The summed E-state index contributed by atoms with van der Waals surface area (Å²) in [6.45, 7) is 7.80. The Morgan fingerprint density at radius 3 is 2.57 bits per heavy atom. The van der Waals surface area contributed by atoms with Crippen LogP contribution in [0.3, 0.4) is 0 Å². The highest BCUT2D eigenvalue weighted by molar-refractivity contribution is 5.73. The van der Waals surface area contributed by atoms with Crippen molar-refractivity contribution in [3.63, 3.8) is 0 Å². The molecule has 0 aliphatic carbocycles. The van der Waals surface area contributed by atoms with E-state index < -0.39 is 17.8 Å². The van der Waals surface area contributed by atoms with Crippen LogP contribution in [0.15, 0.2) is 36.8 Å². The fourth-order valence-electron chi connectivity index (χ4n) is 4.24. The number of halogens is 1. The van der Waals surface area contributed by atoms with Gasteiger partial charge in [-0.2, -0.15) is 5.10 Å². The average molecular weight is 411 g/mol. The number of rotatable bonds is 4. The highest BCUT2D eigenvalue weighted by Gasteiger charge is 2.46. The van der Waals surface area contributed by atoms with Gasteiger partial charge in [0.05, 0.1) is 18.4 Å². The molecule has 0 bridgehead atoms. The van der Waals surface area contributed by atoms with Crippen molar-refractivity contribution in [2.24, 2.45) is 0 Å². The number of benzene rings is 1. The summed E-state index contributed by atoms with van der Waals surface area (Å²) in [5.41, 5.74) is 1.75. The molecule has 30 heavy (non-hydrogen) atoms. The van der Waals surface area contributed by atoms with E-state index in [1.54, 1.807) is 24.5 Å². The summed E-state index contributed by atoms with van der Waals surface area (Å²) in [5.74, 6) is 0.325. The van der Waals surface area contributed by atoms with Crippen LogP contribution in [0.4, 0.5) is 10.3 Å². The Kier molecular flexibility index (Phi) is 4.93. The lowest BCUT2D eigenvalue weighted by molar-refractivity contribution is 0.0654. The van der Waals surface area contributed by atoms with Gasteiger partial charge >= 0.3 is 0 Å². The predicted octanol–water partition coefficient (Wildman–Crippen LogP) is 3.30. The van der Waals surface area contributed by atoms with E-state index in [0.29, 0.717) is 17.7 Å². The van der Waals surface area contributed by atoms with Gasteiger partial charge in [-0.1, -0.05) is 6.07 Å². The normalized spacial score (nSPS) is 22.6. The lowest BCUT2D eigenvalue weighted by atomic mass is 9.78. The van der Waals surface area contributed by atoms with Gasteiger partial charge in [0.25, 0.3) is 0 Å². The zero-order valence-electron chi connectivity index (χ0n) is 17.4. The number of aromatic hydroxyl groups is 1. The first-order valence-electron chi connectivity index (χ1n) is 9.87. The topological polar surface area (TPSA) is 112 Å². The standard InChI is InChI=1S/C21H26FN7O/c1-20(2)8-15(18(22)21(3,4)29-20)26-19-23-11-16(27-28-19)14-6-5-12(7-17(14)30)13-9-24-25-10-13/h5-7,9-11,15,18,29-30H,8H2,1-4H3,(H,24,25)(H,23,26,28)/t15-,18-/m0/s1. The van der Waals surface area contributed by atoms with Gasteiger partial charge in [-0.15, -0.1) is 10.2 Å². The van der Waals surface area contributed by atoms with Crippen molar-refractivity contribution in [3.05, 3.63) is 36.8 Å². The molecule has 3 heterocycles. The number of H-pyrrole nitrogens is 1. The number of aromatic nitrogens is 5. The van der Waals surface area contributed by atoms with Crippen LogP contribution in [0.2, 0.25) is 0 Å². The predicted molar refractivity (Wildman–Crippen MR) is 113 cm³/mol. The van der Waals surface area contributed by atoms with E-state index in [4.69, 9.17) is 0 Å². The number of piperidine rings is 1. The van der Waals surface area contributed by atoms with Gasteiger partial charge in [-0.3, -0.25) is 5.10 Å². The second-order valence-electron chi connectivity index (χ2n) is 8.97. The second kappa shape index (κ2) is 7.32. The van der Waals surface area contributed by atoms with Crippen LogP contribution in [-0.2, 0) is 0 Å². The van der Waals surface area contributed by atoms with Crippen LogP contribution in [0, 0.1) is 0 Å². The SMILES string of the molecule is CC1(C)C[C@H](Nc2ncc(-c3ccc(-c4cn[nH]c4)cc3O)nn2)[C@H](F)C(C)(C)N1. The molecule has 1 fully saturated rings. The Morgan fingerprint density at radius 1 is 1.13 bits per heavy atom. The molecular formula is C21H26FN7O. The molecule has 1 saturated heterocycles. The number of nitrogens with zero attached hydrogens (tertiary/aromatic N) is 4. The number of hydrogen-bond donors (Lipinski definition) is 4. The summed E-state index contributed by atoms with van der Waals surface area (Å²) in [6, 6.07) is 4.82. The quantitative estimate of drug-likeness (QED) is 0.521. The van der Waals surface area contributed by atoms with E-state index in [-0.39, 0.29) is 17.2 Å². The molecule has 1 aromatic carbocycles. The van der Waals surface area contributed by atoms with Crippen LogP contribution in [-0.4, -0.2) is 53.8 Å². The summed E-state index contributed by atoms with van der Waals surface area (Å²) >= 11 is 0. The molecule has 0 unspecified atom stereocenters. The van der Waals surface area contributed by atoms with E-state index >= 15 is 0 Å². The fraction of sp³-hybridized carbons (Fsp3) is 0.429. The maximum Gasteiger partial charge on any atom is 0.243 e. The Bertz CT molecular complexity index is 1020. The van der Waals surface area contributed by atoms with Gasteiger partial charge in [-0.05, 0) is 51.8 Å². The minimum Gasteiger partial charge on any atom is -0.507 e. The molecule has 158 valence electrons. The lowest BCUT2D eigenvalue weighted by Gasteiger charge is -2.48. The molecule has 2 atom stereocenters. The molecule has 1 aliphatic rings. The van der Waals surface area contributed by atoms with Crippen LogP contribution < -0.4 is 10.6 Å². The zero-order chi connectivity index (χ0) is 21.5. The molecule has 9 heteroatoms. The van der Waals surface area contributed by atoms with Gasteiger partial charge in [0.1, 0.15) is 17.6 Å². The first kappa shape index (κ1) is 20.2. The first-order chi connectivity index (χ1) is 14.1. The van der Waals surface area contributed by atoms with Crippen molar-refractivity contribution in [2.45, 2.75) is 57.4 Å². The van der Waals surface area contributed by atoms with Crippen molar-refractivity contribution >= 4 is 5.95 Å². The Morgan fingerprint density at radius 2 is 1.93 bits per heavy atom. The molecule has 4 N–H and O–H groups in total. The van der Waals surface area contributed by atoms with Crippen molar-refractivity contribution < 1.29 is 9.50 Å². The zero-order valence-corrected chi connectivity index (χ0v) is 17.4. The third-order valence-corrected chi connectivity index (χ3v) is 5.41. The van der Waals surface area contributed by atoms with E-state index in [1.807, 2.05) is 33.8 Å². The van der Waals surface area contributed by atoms with Crippen LogP contribution in [0.25, 0.3) is 22.4 Å². The monoisotopic (exact) mass is 411 g/mol. The summed E-state index contributed by atoms with van der Waals surface area (Å²) in [5, 5.41) is 31.8.